The minimum absolute atomic E-state index is 0.00562. The third-order valence-electron chi connectivity index (χ3n) is 7.75. The lowest BCUT2D eigenvalue weighted by molar-refractivity contribution is -0.111. The predicted octanol–water partition coefficient (Wildman–Crippen LogP) is 5.02. The van der Waals surface area contributed by atoms with E-state index in [2.05, 4.69) is 38.9 Å². The van der Waals surface area contributed by atoms with Gasteiger partial charge in [-0.25, -0.2) is 14.8 Å². The first kappa shape index (κ1) is 26.7. The molecular formula is C30H39N7O3. The number of aryl methyl sites for hydroxylation is 1. The van der Waals surface area contributed by atoms with E-state index in [-0.39, 0.29) is 29.8 Å². The van der Waals surface area contributed by atoms with Crippen LogP contribution < -0.4 is 10.6 Å². The Labute approximate surface area is 235 Å². The van der Waals surface area contributed by atoms with Gasteiger partial charge in [0.2, 0.25) is 5.95 Å². The third-order valence-corrected chi connectivity index (χ3v) is 7.75. The van der Waals surface area contributed by atoms with Gasteiger partial charge in [-0.3, -0.25) is 4.68 Å². The van der Waals surface area contributed by atoms with Crippen molar-refractivity contribution in [2.24, 2.45) is 0 Å². The van der Waals surface area contributed by atoms with Crippen molar-refractivity contribution in [3.05, 3.63) is 54.0 Å². The van der Waals surface area contributed by atoms with E-state index in [1.165, 1.54) is 11.1 Å². The van der Waals surface area contributed by atoms with Crippen LogP contribution in [0, 0.1) is 0 Å². The number of nitrogens with zero attached hydrogens (tertiary/aromatic N) is 5. The molecule has 40 heavy (non-hydrogen) atoms. The van der Waals surface area contributed by atoms with Gasteiger partial charge in [0, 0.05) is 24.6 Å². The fraction of sp³-hybridized carbons (Fsp3) is 0.533. The summed E-state index contributed by atoms with van der Waals surface area (Å²) >= 11 is 0. The van der Waals surface area contributed by atoms with Crippen molar-refractivity contribution >= 4 is 17.7 Å². The van der Waals surface area contributed by atoms with Gasteiger partial charge >= 0.3 is 6.03 Å². The predicted molar refractivity (Wildman–Crippen MR) is 152 cm³/mol. The van der Waals surface area contributed by atoms with E-state index in [4.69, 9.17) is 14.5 Å². The maximum Gasteiger partial charge on any atom is 0.318 e. The zero-order chi connectivity index (χ0) is 27.7. The second-order valence-electron chi connectivity index (χ2n) is 12.0. The summed E-state index contributed by atoms with van der Waals surface area (Å²) in [6.45, 7) is 8.90. The lowest BCUT2D eigenvalue weighted by atomic mass is 9.95. The number of hydrogen-bond acceptors (Lipinski definition) is 7. The van der Waals surface area contributed by atoms with Crippen LogP contribution in [0.1, 0.15) is 69.7 Å². The van der Waals surface area contributed by atoms with Crippen LogP contribution in [0.15, 0.2) is 42.9 Å². The molecule has 212 valence electrons. The van der Waals surface area contributed by atoms with Gasteiger partial charge in [0.05, 0.1) is 61.1 Å². The normalized spacial score (nSPS) is 21.4. The first-order valence-electron chi connectivity index (χ1n) is 14.4. The van der Waals surface area contributed by atoms with Crippen molar-refractivity contribution in [2.45, 2.75) is 76.7 Å². The van der Waals surface area contributed by atoms with Crippen molar-refractivity contribution in [3.63, 3.8) is 0 Å². The summed E-state index contributed by atoms with van der Waals surface area (Å²) in [5.41, 5.74) is 5.02. The van der Waals surface area contributed by atoms with Crippen LogP contribution in [0.5, 0.6) is 0 Å². The molecule has 4 heterocycles. The first-order chi connectivity index (χ1) is 19.3. The highest BCUT2D eigenvalue weighted by Crippen LogP contribution is 2.33. The molecule has 3 aliphatic rings. The number of benzene rings is 1. The molecule has 2 aliphatic heterocycles. The number of rotatable bonds is 6. The molecule has 0 radical (unpaired) electrons. The Morgan fingerprint density at radius 3 is 2.83 bits per heavy atom. The number of aromatic nitrogens is 4. The van der Waals surface area contributed by atoms with Crippen molar-refractivity contribution in [1.82, 2.24) is 30.0 Å². The fourth-order valence-corrected chi connectivity index (χ4v) is 5.75. The number of amides is 2. The Morgan fingerprint density at radius 2 is 2.02 bits per heavy atom. The third kappa shape index (κ3) is 6.13. The van der Waals surface area contributed by atoms with Crippen molar-refractivity contribution in [3.8, 4) is 11.3 Å². The molecule has 2 N–H and O–H groups in total. The maximum absolute atomic E-state index is 13.0. The van der Waals surface area contributed by atoms with Crippen LogP contribution in [-0.2, 0) is 15.9 Å². The van der Waals surface area contributed by atoms with Crippen LogP contribution in [0.3, 0.4) is 0 Å². The van der Waals surface area contributed by atoms with Gasteiger partial charge in [-0.15, -0.1) is 0 Å². The minimum atomic E-state index is -0.195. The van der Waals surface area contributed by atoms with E-state index in [1.54, 1.807) is 12.4 Å². The van der Waals surface area contributed by atoms with Gasteiger partial charge < -0.3 is 25.0 Å². The molecule has 1 unspecified atom stereocenters. The number of anilines is 2. The number of fused-ring (bicyclic) bond motifs is 1. The number of likely N-dealkylation sites (tertiary alicyclic amines) is 1. The number of hydrogen-bond donors (Lipinski definition) is 2. The summed E-state index contributed by atoms with van der Waals surface area (Å²) in [6.07, 6.45) is 10.7. The molecule has 2 saturated heterocycles. The van der Waals surface area contributed by atoms with Crippen molar-refractivity contribution < 1.29 is 14.3 Å². The van der Waals surface area contributed by atoms with Gasteiger partial charge in [-0.1, -0.05) is 18.6 Å². The van der Waals surface area contributed by atoms with Crippen LogP contribution in [0.2, 0.25) is 0 Å². The van der Waals surface area contributed by atoms with E-state index in [9.17, 15) is 4.79 Å². The number of carbonyl (C=O) groups is 1. The molecule has 0 saturated carbocycles. The highest BCUT2D eigenvalue weighted by Gasteiger charge is 2.35. The molecule has 2 amide bonds. The Kier molecular flexibility index (Phi) is 7.46. The number of nitrogens with one attached hydrogen (secondary N) is 2. The Bertz CT molecular complexity index is 1340. The topological polar surface area (TPSA) is 106 Å². The van der Waals surface area contributed by atoms with Gasteiger partial charge in [0.25, 0.3) is 0 Å². The Hall–Kier alpha value is -3.50. The second kappa shape index (κ2) is 11.2. The summed E-state index contributed by atoms with van der Waals surface area (Å²) in [4.78, 5) is 24.1. The van der Waals surface area contributed by atoms with Gasteiger partial charge in [-0.05, 0) is 69.7 Å². The maximum atomic E-state index is 13.0. The van der Waals surface area contributed by atoms with Gasteiger partial charge in [-0.2, -0.15) is 5.10 Å². The van der Waals surface area contributed by atoms with Crippen molar-refractivity contribution in [1.29, 1.82) is 0 Å². The summed E-state index contributed by atoms with van der Waals surface area (Å²) < 4.78 is 13.4. The fourth-order valence-electron chi connectivity index (χ4n) is 5.75. The molecule has 0 bridgehead atoms. The largest absolute Gasteiger partial charge is 0.379 e. The highest BCUT2D eigenvalue weighted by atomic mass is 16.5. The molecule has 6 rings (SSSR count). The lowest BCUT2D eigenvalue weighted by Gasteiger charge is -2.42. The number of urea groups is 1. The minimum Gasteiger partial charge on any atom is -0.379 e. The van der Waals surface area contributed by atoms with Crippen LogP contribution in [0.25, 0.3) is 11.3 Å². The van der Waals surface area contributed by atoms with Gasteiger partial charge in [0.1, 0.15) is 0 Å². The van der Waals surface area contributed by atoms with Crippen LogP contribution in [0.4, 0.5) is 16.4 Å². The van der Waals surface area contributed by atoms with E-state index in [1.807, 2.05) is 42.6 Å². The Balaban J connectivity index is 1.12. The molecule has 2 fully saturated rings. The second-order valence-corrected chi connectivity index (χ2v) is 12.0. The summed E-state index contributed by atoms with van der Waals surface area (Å²) in [7, 11) is 0. The van der Waals surface area contributed by atoms with E-state index >= 15 is 0 Å². The monoisotopic (exact) mass is 545 g/mol. The molecular weight excluding hydrogens is 506 g/mol. The summed E-state index contributed by atoms with van der Waals surface area (Å²) in [6, 6.07) is 8.69. The number of carbonyl (C=O) groups excluding carboxylic acids is 1. The average molecular weight is 546 g/mol. The standard InChI is InChI=1S/C30H39N7O3/c1-30(2,3)40-24-17-36(18-24)29(38)35-27-7-5-4-6-20-14-21(8-9-25(20)27)26-10-12-31-28(34-26)33-22-15-32-37(16-22)23-11-13-39-19-23/h8-10,12,14-16,23-24,27H,4-7,11,13,17-19H2,1-3H3,(H,35,38)(H,31,33,34)/t23-,27?/m0/s1. The lowest BCUT2D eigenvalue weighted by Crippen LogP contribution is -2.59. The Morgan fingerprint density at radius 1 is 1.15 bits per heavy atom. The van der Waals surface area contributed by atoms with Gasteiger partial charge in [0.15, 0.2) is 0 Å². The quantitative estimate of drug-likeness (QED) is 0.419. The summed E-state index contributed by atoms with van der Waals surface area (Å²) in [5.74, 6) is 0.531. The molecule has 0 spiro atoms. The zero-order valence-corrected chi connectivity index (χ0v) is 23.6. The van der Waals surface area contributed by atoms with E-state index in [0.717, 1.165) is 55.7 Å². The molecule has 10 nitrogen and oxygen atoms in total. The van der Waals surface area contributed by atoms with E-state index in [0.29, 0.717) is 25.6 Å². The molecule has 2 aromatic heterocycles. The van der Waals surface area contributed by atoms with E-state index < -0.39 is 0 Å². The molecule has 1 aromatic carbocycles. The van der Waals surface area contributed by atoms with Crippen LogP contribution in [-0.4, -0.2) is 68.7 Å². The molecule has 2 atom stereocenters. The smallest absolute Gasteiger partial charge is 0.318 e. The zero-order valence-electron chi connectivity index (χ0n) is 23.6. The SMILES string of the molecule is CC(C)(C)OC1CN(C(=O)NC2CCCCc3cc(-c4ccnc(Nc5cnn([C@H]6CCOC6)c5)n4)ccc32)C1. The molecule has 10 heteroatoms. The number of ether oxygens (including phenoxy) is 2. The molecule has 3 aromatic rings. The molecule has 1 aliphatic carbocycles. The van der Waals surface area contributed by atoms with Crippen molar-refractivity contribution in [2.75, 3.05) is 31.6 Å². The van der Waals surface area contributed by atoms with Crippen LogP contribution >= 0.6 is 0 Å². The summed E-state index contributed by atoms with van der Waals surface area (Å²) in [5, 5.41) is 11.1. The first-order valence-corrected chi connectivity index (χ1v) is 14.4. The average Bonchev–Trinajstić information content (AvgIpc) is 3.56. The highest BCUT2D eigenvalue weighted by molar-refractivity contribution is 5.76.